The highest BCUT2D eigenvalue weighted by molar-refractivity contribution is 7.16. The van der Waals surface area contributed by atoms with E-state index in [1.807, 2.05) is 24.3 Å². The van der Waals surface area contributed by atoms with Crippen LogP contribution in [0.3, 0.4) is 0 Å². The molecule has 7 heteroatoms. The monoisotopic (exact) mass is 264 g/mol. The molecule has 0 radical (unpaired) electrons. The lowest BCUT2D eigenvalue weighted by molar-refractivity contribution is 0.0950. The van der Waals surface area contributed by atoms with Crippen molar-refractivity contribution in [3.05, 3.63) is 34.8 Å². The molecule has 0 fully saturated rings. The molecule has 0 saturated carbocycles. The maximum atomic E-state index is 11.7. The lowest BCUT2D eigenvalue weighted by Gasteiger charge is -2.05. The second kappa shape index (κ2) is 5.46. The van der Waals surface area contributed by atoms with E-state index in [1.165, 1.54) is 0 Å². The number of anilines is 1. The molecule has 0 bridgehead atoms. The molecule has 2 aromatic rings. The van der Waals surface area contributed by atoms with E-state index in [2.05, 4.69) is 15.5 Å². The van der Waals surface area contributed by atoms with Gasteiger partial charge in [0.2, 0.25) is 10.1 Å². The minimum atomic E-state index is -0.285. The van der Waals surface area contributed by atoms with Gasteiger partial charge >= 0.3 is 0 Å². The van der Waals surface area contributed by atoms with Crippen molar-refractivity contribution >= 4 is 22.4 Å². The van der Waals surface area contributed by atoms with Crippen molar-refractivity contribution in [3.63, 3.8) is 0 Å². The highest BCUT2D eigenvalue weighted by atomic mass is 32.1. The summed E-state index contributed by atoms with van der Waals surface area (Å²) in [6, 6.07) is 7.46. The molecular formula is C11H12N4O2S. The molecule has 0 saturated heterocycles. The predicted molar refractivity (Wildman–Crippen MR) is 68.5 cm³/mol. The second-order valence-electron chi connectivity index (χ2n) is 3.48. The highest BCUT2D eigenvalue weighted by Crippen LogP contribution is 2.13. The maximum Gasteiger partial charge on any atom is 0.282 e. The van der Waals surface area contributed by atoms with Gasteiger partial charge in [0.05, 0.1) is 7.11 Å². The normalized spacial score (nSPS) is 10.1. The van der Waals surface area contributed by atoms with E-state index in [1.54, 1.807) is 7.11 Å². The van der Waals surface area contributed by atoms with Gasteiger partial charge in [-0.15, -0.1) is 10.2 Å². The van der Waals surface area contributed by atoms with Crippen LogP contribution in [0.15, 0.2) is 24.3 Å². The summed E-state index contributed by atoms with van der Waals surface area (Å²) in [6.07, 6.45) is 0. The Morgan fingerprint density at radius 1 is 1.50 bits per heavy atom. The number of nitrogens with one attached hydrogen (secondary N) is 1. The average molecular weight is 264 g/mol. The second-order valence-corrected chi connectivity index (χ2v) is 4.49. The summed E-state index contributed by atoms with van der Waals surface area (Å²) >= 11 is 1.06. The summed E-state index contributed by atoms with van der Waals surface area (Å²) in [6.45, 7) is 0.398. The van der Waals surface area contributed by atoms with Crippen LogP contribution in [0.1, 0.15) is 15.4 Å². The highest BCUT2D eigenvalue weighted by Gasteiger charge is 2.10. The SMILES string of the molecule is COc1cccc(CNC(=O)c2nnc(N)s2)c1. The number of nitrogens with two attached hydrogens (primary N) is 1. The Morgan fingerprint density at radius 2 is 2.33 bits per heavy atom. The summed E-state index contributed by atoms with van der Waals surface area (Å²) in [5, 5.41) is 10.5. The molecule has 18 heavy (non-hydrogen) atoms. The Morgan fingerprint density at radius 3 is 3.00 bits per heavy atom. The summed E-state index contributed by atoms with van der Waals surface area (Å²) in [5.41, 5.74) is 6.35. The summed E-state index contributed by atoms with van der Waals surface area (Å²) < 4.78 is 5.10. The van der Waals surface area contributed by atoms with Gasteiger partial charge in [-0.25, -0.2) is 0 Å². The molecule has 0 aliphatic rings. The number of amides is 1. The number of nitrogen functional groups attached to an aromatic ring is 1. The molecule has 1 amide bonds. The molecule has 0 aliphatic carbocycles. The number of carbonyl (C=O) groups is 1. The minimum absolute atomic E-state index is 0.260. The topological polar surface area (TPSA) is 90.1 Å². The van der Waals surface area contributed by atoms with Crippen LogP contribution in [0.4, 0.5) is 5.13 Å². The molecule has 0 unspecified atom stereocenters. The first kappa shape index (κ1) is 12.3. The average Bonchev–Trinajstić information content (AvgIpc) is 2.83. The molecule has 94 valence electrons. The van der Waals surface area contributed by atoms with Crippen LogP contribution in [0.2, 0.25) is 0 Å². The fourth-order valence-electron chi connectivity index (χ4n) is 1.37. The number of rotatable bonds is 4. The number of nitrogens with zero attached hydrogens (tertiary/aromatic N) is 2. The van der Waals surface area contributed by atoms with E-state index in [0.717, 1.165) is 22.6 Å². The van der Waals surface area contributed by atoms with Gasteiger partial charge in [-0.3, -0.25) is 4.79 Å². The molecule has 0 atom stereocenters. The van der Waals surface area contributed by atoms with Crippen molar-refractivity contribution in [3.8, 4) is 5.75 Å². The largest absolute Gasteiger partial charge is 0.497 e. The van der Waals surface area contributed by atoms with Crippen molar-refractivity contribution in [2.75, 3.05) is 12.8 Å². The molecule has 0 aliphatic heterocycles. The van der Waals surface area contributed by atoms with Gasteiger partial charge in [0, 0.05) is 6.54 Å². The molecule has 6 nitrogen and oxygen atoms in total. The quantitative estimate of drug-likeness (QED) is 0.861. The molecule has 1 aromatic carbocycles. The van der Waals surface area contributed by atoms with Gasteiger partial charge < -0.3 is 15.8 Å². The fraction of sp³-hybridized carbons (Fsp3) is 0.182. The molecule has 3 N–H and O–H groups in total. The van der Waals surface area contributed by atoms with Crippen LogP contribution < -0.4 is 15.8 Å². The number of ether oxygens (including phenoxy) is 1. The Balaban J connectivity index is 1.97. The maximum absolute atomic E-state index is 11.7. The standard InChI is InChI=1S/C11H12N4O2S/c1-17-8-4-2-3-7(5-8)6-13-9(16)10-14-15-11(12)18-10/h2-5H,6H2,1H3,(H2,12,15)(H,13,16). The first-order valence-corrected chi connectivity index (χ1v) is 6.01. The van der Waals surface area contributed by atoms with Crippen molar-refractivity contribution in [2.45, 2.75) is 6.54 Å². The number of aromatic nitrogens is 2. The zero-order valence-electron chi connectivity index (χ0n) is 9.71. The Bertz CT molecular complexity index is 555. The summed E-state index contributed by atoms with van der Waals surface area (Å²) in [4.78, 5) is 11.7. The number of carbonyl (C=O) groups excluding carboxylic acids is 1. The van der Waals surface area contributed by atoms with Gasteiger partial charge in [0.25, 0.3) is 5.91 Å². The van der Waals surface area contributed by atoms with Crippen molar-refractivity contribution in [1.29, 1.82) is 0 Å². The summed E-state index contributed by atoms with van der Waals surface area (Å²) in [5.74, 6) is 0.467. The molecule has 1 aromatic heterocycles. The van der Waals surface area contributed by atoms with Crippen LogP contribution >= 0.6 is 11.3 Å². The zero-order valence-corrected chi connectivity index (χ0v) is 10.5. The van der Waals surface area contributed by atoms with Crippen molar-refractivity contribution in [1.82, 2.24) is 15.5 Å². The smallest absolute Gasteiger partial charge is 0.282 e. The lowest BCUT2D eigenvalue weighted by Crippen LogP contribution is -2.22. The van der Waals surface area contributed by atoms with Crippen LogP contribution in [0.5, 0.6) is 5.75 Å². The van der Waals surface area contributed by atoms with Crippen LogP contribution in [-0.2, 0) is 6.54 Å². The van der Waals surface area contributed by atoms with Crippen LogP contribution in [0.25, 0.3) is 0 Å². The van der Waals surface area contributed by atoms with Gasteiger partial charge in [0.1, 0.15) is 5.75 Å². The zero-order chi connectivity index (χ0) is 13.0. The fourth-order valence-corrected chi connectivity index (χ4v) is 1.89. The van der Waals surface area contributed by atoms with Gasteiger partial charge in [-0.1, -0.05) is 23.5 Å². The van der Waals surface area contributed by atoms with Gasteiger partial charge in [-0.2, -0.15) is 0 Å². The lowest BCUT2D eigenvalue weighted by atomic mass is 10.2. The number of methoxy groups -OCH3 is 1. The van der Waals surface area contributed by atoms with Crippen molar-refractivity contribution in [2.24, 2.45) is 0 Å². The van der Waals surface area contributed by atoms with E-state index >= 15 is 0 Å². The number of benzene rings is 1. The van der Waals surface area contributed by atoms with E-state index in [9.17, 15) is 4.79 Å². The first-order valence-electron chi connectivity index (χ1n) is 5.19. The number of hydrogen-bond donors (Lipinski definition) is 2. The third-order valence-electron chi connectivity index (χ3n) is 2.22. The summed E-state index contributed by atoms with van der Waals surface area (Å²) in [7, 11) is 1.60. The Labute approximate surface area is 108 Å². The van der Waals surface area contributed by atoms with E-state index < -0.39 is 0 Å². The van der Waals surface area contributed by atoms with Crippen LogP contribution in [-0.4, -0.2) is 23.2 Å². The van der Waals surface area contributed by atoms with E-state index in [-0.39, 0.29) is 16.0 Å². The van der Waals surface area contributed by atoms with Gasteiger partial charge in [0.15, 0.2) is 0 Å². The molecule has 0 spiro atoms. The predicted octanol–water partition coefficient (Wildman–Crippen LogP) is 1.06. The van der Waals surface area contributed by atoms with E-state index in [0.29, 0.717) is 6.54 Å². The third-order valence-corrected chi connectivity index (χ3v) is 2.97. The molecule has 1 heterocycles. The molecular weight excluding hydrogens is 252 g/mol. The Kier molecular flexibility index (Phi) is 3.73. The third kappa shape index (κ3) is 2.95. The van der Waals surface area contributed by atoms with E-state index in [4.69, 9.17) is 10.5 Å². The number of hydrogen-bond acceptors (Lipinski definition) is 6. The first-order chi connectivity index (χ1) is 8.69. The Hall–Kier alpha value is -2.15. The van der Waals surface area contributed by atoms with Gasteiger partial charge in [-0.05, 0) is 17.7 Å². The van der Waals surface area contributed by atoms with Crippen molar-refractivity contribution < 1.29 is 9.53 Å². The molecule has 2 rings (SSSR count). The minimum Gasteiger partial charge on any atom is -0.497 e. The van der Waals surface area contributed by atoms with Crippen LogP contribution in [0, 0.1) is 0 Å².